The van der Waals surface area contributed by atoms with Crippen LogP contribution in [0.1, 0.15) is 44.7 Å². The van der Waals surface area contributed by atoms with E-state index < -0.39 is 0 Å². The minimum atomic E-state index is 0. The molecule has 0 radical (unpaired) electrons. The zero-order valence-corrected chi connectivity index (χ0v) is 18.0. The van der Waals surface area contributed by atoms with E-state index in [1.54, 1.807) is 6.20 Å². The normalized spacial score (nSPS) is 15.0. The fourth-order valence-corrected chi connectivity index (χ4v) is 3.05. The quantitative estimate of drug-likeness (QED) is 0.235. The summed E-state index contributed by atoms with van der Waals surface area (Å²) in [5, 5.41) is 9.53. The number of rotatable bonds is 8. The summed E-state index contributed by atoms with van der Waals surface area (Å²) in [6, 6.07) is 5.92. The first-order chi connectivity index (χ1) is 12.3. The smallest absolute Gasteiger partial charge is 0.223 e. The van der Waals surface area contributed by atoms with Crippen LogP contribution in [0, 0.1) is 5.92 Å². The number of hydrogen-bond donors (Lipinski definition) is 3. The number of carbonyl (C=O) groups excluding carboxylic acids is 1. The zero-order valence-electron chi connectivity index (χ0n) is 15.7. The summed E-state index contributed by atoms with van der Waals surface area (Å²) in [7, 11) is 0. The molecule has 1 heterocycles. The van der Waals surface area contributed by atoms with Gasteiger partial charge in [0.2, 0.25) is 5.91 Å². The fraction of sp³-hybridized carbons (Fsp3) is 0.632. The minimum Gasteiger partial charge on any atom is -0.357 e. The van der Waals surface area contributed by atoms with Crippen molar-refractivity contribution in [3.63, 3.8) is 0 Å². The van der Waals surface area contributed by atoms with Crippen molar-refractivity contribution in [3.05, 3.63) is 30.1 Å². The molecule has 0 atom stereocenters. The lowest BCUT2D eigenvalue weighted by molar-refractivity contribution is -0.125. The van der Waals surface area contributed by atoms with E-state index in [-0.39, 0.29) is 35.8 Å². The second-order valence-electron chi connectivity index (χ2n) is 6.38. The van der Waals surface area contributed by atoms with Crippen LogP contribution < -0.4 is 16.0 Å². The molecule has 0 spiro atoms. The highest BCUT2D eigenvalue weighted by Crippen LogP contribution is 2.23. The van der Waals surface area contributed by atoms with Crippen molar-refractivity contribution in [3.8, 4) is 0 Å². The van der Waals surface area contributed by atoms with Crippen LogP contribution in [0.2, 0.25) is 0 Å². The molecule has 1 fully saturated rings. The van der Waals surface area contributed by atoms with Gasteiger partial charge in [-0.05, 0) is 31.9 Å². The van der Waals surface area contributed by atoms with E-state index in [9.17, 15) is 4.79 Å². The Morgan fingerprint density at radius 3 is 2.62 bits per heavy atom. The summed E-state index contributed by atoms with van der Waals surface area (Å²) in [5.41, 5.74) is 1.04. The summed E-state index contributed by atoms with van der Waals surface area (Å²) >= 11 is 0. The Bertz CT molecular complexity index is 532. The number of aromatic nitrogens is 1. The highest BCUT2D eigenvalue weighted by molar-refractivity contribution is 14.0. The second-order valence-corrected chi connectivity index (χ2v) is 6.38. The van der Waals surface area contributed by atoms with Crippen molar-refractivity contribution >= 4 is 35.8 Å². The van der Waals surface area contributed by atoms with Gasteiger partial charge in [-0.25, -0.2) is 0 Å². The lowest BCUT2D eigenvalue weighted by atomic mass is 9.89. The third-order valence-electron chi connectivity index (χ3n) is 4.40. The molecule has 146 valence electrons. The van der Waals surface area contributed by atoms with Gasteiger partial charge < -0.3 is 16.0 Å². The molecule has 7 heteroatoms. The van der Waals surface area contributed by atoms with Gasteiger partial charge in [-0.15, -0.1) is 24.0 Å². The molecule has 3 N–H and O–H groups in total. The lowest BCUT2D eigenvalue weighted by Gasteiger charge is -2.21. The molecule has 0 aromatic carbocycles. The topological polar surface area (TPSA) is 78.4 Å². The van der Waals surface area contributed by atoms with Crippen LogP contribution in [-0.2, 0) is 11.2 Å². The Kier molecular flexibility index (Phi) is 12.0. The lowest BCUT2D eigenvalue weighted by Crippen LogP contribution is -2.42. The molecule has 2 rings (SSSR count). The molecular formula is C19H32IN5O. The predicted octanol–water partition coefficient (Wildman–Crippen LogP) is 2.49. The van der Waals surface area contributed by atoms with Gasteiger partial charge in [0.15, 0.2) is 5.96 Å². The third kappa shape index (κ3) is 8.82. The first-order valence-corrected chi connectivity index (χ1v) is 9.49. The van der Waals surface area contributed by atoms with Crippen LogP contribution in [0.15, 0.2) is 29.4 Å². The zero-order chi connectivity index (χ0) is 17.7. The Morgan fingerprint density at radius 2 is 1.92 bits per heavy atom. The van der Waals surface area contributed by atoms with Gasteiger partial charge in [-0.1, -0.05) is 25.3 Å². The first-order valence-electron chi connectivity index (χ1n) is 9.49. The molecule has 0 bridgehead atoms. The monoisotopic (exact) mass is 473 g/mol. The second kappa shape index (κ2) is 13.8. The van der Waals surface area contributed by atoms with Crippen LogP contribution >= 0.6 is 24.0 Å². The maximum Gasteiger partial charge on any atom is 0.223 e. The number of halogens is 1. The van der Waals surface area contributed by atoms with Crippen LogP contribution in [0.5, 0.6) is 0 Å². The molecule has 26 heavy (non-hydrogen) atoms. The number of amides is 1. The number of pyridine rings is 1. The third-order valence-corrected chi connectivity index (χ3v) is 4.40. The van der Waals surface area contributed by atoms with E-state index in [2.05, 4.69) is 25.9 Å². The highest BCUT2D eigenvalue weighted by Gasteiger charge is 2.20. The molecule has 0 aliphatic heterocycles. The molecule has 1 amide bonds. The molecule has 1 aromatic heterocycles. The number of nitrogens with one attached hydrogen (secondary N) is 3. The van der Waals surface area contributed by atoms with Gasteiger partial charge in [-0.2, -0.15) is 0 Å². The standard InChI is InChI=1S/C19H31N5O.HI/c1-2-20-19(23-13-11-17-10-6-7-12-21-17)24-15-14-22-18(25)16-8-4-3-5-9-16;/h6-7,10,12,16H,2-5,8-9,11,13-15H2,1H3,(H,22,25)(H2,20,23,24);1H. The number of nitrogens with zero attached hydrogens (tertiary/aromatic N) is 2. The van der Waals surface area contributed by atoms with Crippen molar-refractivity contribution in [2.75, 3.05) is 26.2 Å². The molecule has 1 aliphatic rings. The Morgan fingerprint density at radius 1 is 1.15 bits per heavy atom. The van der Waals surface area contributed by atoms with Gasteiger partial charge in [0, 0.05) is 50.4 Å². The maximum absolute atomic E-state index is 12.1. The average molecular weight is 473 g/mol. The molecular weight excluding hydrogens is 441 g/mol. The SMILES string of the molecule is CCNC(=NCCc1ccccn1)NCCNC(=O)C1CCCCC1.I. The minimum absolute atomic E-state index is 0. The Balaban J connectivity index is 0.00000338. The van der Waals surface area contributed by atoms with E-state index in [4.69, 9.17) is 0 Å². The number of hydrogen-bond acceptors (Lipinski definition) is 3. The summed E-state index contributed by atoms with van der Waals surface area (Å²) in [6.07, 6.45) is 8.33. The molecule has 1 aromatic rings. The van der Waals surface area contributed by atoms with Crippen LogP contribution in [0.4, 0.5) is 0 Å². The molecule has 6 nitrogen and oxygen atoms in total. The summed E-state index contributed by atoms with van der Waals surface area (Å²) in [5.74, 6) is 1.21. The van der Waals surface area contributed by atoms with E-state index >= 15 is 0 Å². The van der Waals surface area contributed by atoms with Gasteiger partial charge in [0.1, 0.15) is 0 Å². The Hall–Kier alpha value is -1.38. The van der Waals surface area contributed by atoms with Crippen molar-refractivity contribution in [1.29, 1.82) is 0 Å². The highest BCUT2D eigenvalue weighted by atomic mass is 127. The molecule has 0 saturated heterocycles. The van der Waals surface area contributed by atoms with E-state index in [0.29, 0.717) is 19.6 Å². The average Bonchev–Trinajstić information content (AvgIpc) is 2.66. The van der Waals surface area contributed by atoms with Gasteiger partial charge >= 0.3 is 0 Å². The van der Waals surface area contributed by atoms with E-state index in [1.165, 1.54) is 19.3 Å². The van der Waals surface area contributed by atoms with Gasteiger partial charge in [0.25, 0.3) is 0 Å². The van der Waals surface area contributed by atoms with Crippen LogP contribution in [0.3, 0.4) is 0 Å². The Labute approximate surface area is 174 Å². The van der Waals surface area contributed by atoms with Crippen LogP contribution in [0.25, 0.3) is 0 Å². The van der Waals surface area contributed by atoms with E-state index in [0.717, 1.165) is 37.5 Å². The van der Waals surface area contributed by atoms with Crippen molar-refractivity contribution in [2.24, 2.45) is 10.9 Å². The maximum atomic E-state index is 12.1. The van der Waals surface area contributed by atoms with Crippen molar-refractivity contribution < 1.29 is 4.79 Å². The molecule has 0 unspecified atom stereocenters. The fourth-order valence-electron chi connectivity index (χ4n) is 3.05. The largest absolute Gasteiger partial charge is 0.357 e. The summed E-state index contributed by atoms with van der Waals surface area (Å²) < 4.78 is 0. The summed E-state index contributed by atoms with van der Waals surface area (Å²) in [4.78, 5) is 21.0. The number of guanidine groups is 1. The number of carbonyl (C=O) groups is 1. The first kappa shape index (κ1) is 22.7. The van der Waals surface area contributed by atoms with E-state index in [1.807, 2.05) is 25.1 Å². The van der Waals surface area contributed by atoms with Crippen LogP contribution in [-0.4, -0.2) is 43.0 Å². The molecule has 1 aliphatic carbocycles. The molecule has 1 saturated carbocycles. The van der Waals surface area contributed by atoms with Gasteiger partial charge in [-0.3, -0.25) is 14.8 Å². The predicted molar refractivity (Wildman–Crippen MR) is 117 cm³/mol. The van der Waals surface area contributed by atoms with Crippen molar-refractivity contribution in [2.45, 2.75) is 45.4 Å². The number of aliphatic imine (C=N–C) groups is 1. The van der Waals surface area contributed by atoms with Crippen molar-refractivity contribution in [1.82, 2.24) is 20.9 Å². The summed E-state index contributed by atoms with van der Waals surface area (Å²) in [6.45, 7) is 4.83. The van der Waals surface area contributed by atoms with Gasteiger partial charge in [0.05, 0.1) is 0 Å².